The summed E-state index contributed by atoms with van der Waals surface area (Å²) in [6.07, 6.45) is 4.13. The molecule has 1 aromatic heterocycles. The van der Waals surface area contributed by atoms with Gasteiger partial charge in [0.05, 0.1) is 6.20 Å². The predicted molar refractivity (Wildman–Crippen MR) is 66.3 cm³/mol. The highest BCUT2D eigenvalue weighted by atomic mass is 16.5. The molecule has 1 amide bonds. The van der Waals surface area contributed by atoms with Crippen molar-refractivity contribution < 1.29 is 9.53 Å². The van der Waals surface area contributed by atoms with Gasteiger partial charge < -0.3 is 10.5 Å². The first kappa shape index (κ1) is 11.5. The van der Waals surface area contributed by atoms with E-state index in [0.29, 0.717) is 18.4 Å². The van der Waals surface area contributed by atoms with Crippen molar-refractivity contribution in [3.63, 3.8) is 0 Å². The Kier molecular flexibility index (Phi) is 2.70. The van der Waals surface area contributed by atoms with Crippen LogP contribution in [0.1, 0.15) is 23.3 Å². The average molecular weight is 247 g/mol. The van der Waals surface area contributed by atoms with Gasteiger partial charge in [0, 0.05) is 12.1 Å². The van der Waals surface area contributed by atoms with Crippen molar-refractivity contribution in [2.75, 3.05) is 13.7 Å². The largest absolute Gasteiger partial charge is 0.490 e. The molecule has 2 aliphatic rings. The van der Waals surface area contributed by atoms with Crippen molar-refractivity contribution in [3.8, 4) is 5.75 Å². The van der Waals surface area contributed by atoms with Gasteiger partial charge in [0.1, 0.15) is 18.1 Å². The summed E-state index contributed by atoms with van der Waals surface area (Å²) < 4.78 is 5.71. The van der Waals surface area contributed by atoms with Crippen LogP contribution in [0.3, 0.4) is 0 Å². The van der Waals surface area contributed by atoms with Crippen LogP contribution in [-0.4, -0.2) is 41.5 Å². The number of primary amides is 1. The Morgan fingerprint density at radius 1 is 1.56 bits per heavy atom. The molecular weight excluding hydrogens is 230 g/mol. The van der Waals surface area contributed by atoms with Crippen molar-refractivity contribution >= 4 is 5.91 Å². The van der Waals surface area contributed by atoms with Crippen molar-refractivity contribution in [2.45, 2.75) is 24.9 Å². The zero-order valence-corrected chi connectivity index (χ0v) is 10.4. The van der Waals surface area contributed by atoms with Gasteiger partial charge in [-0.05, 0) is 37.9 Å². The molecular formula is C13H17N3O2. The molecule has 5 heteroatoms. The Hall–Kier alpha value is -1.62. The van der Waals surface area contributed by atoms with Gasteiger partial charge in [-0.25, -0.2) is 4.98 Å². The lowest BCUT2D eigenvalue weighted by Crippen LogP contribution is -2.33. The van der Waals surface area contributed by atoms with E-state index in [0.717, 1.165) is 12.0 Å². The summed E-state index contributed by atoms with van der Waals surface area (Å²) in [7, 11) is 2.17. The lowest BCUT2D eigenvalue weighted by molar-refractivity contribution is 0.0995. The molecule has 1 saturated heterocycles. The third-order valence-corrected chi connectivity index (χ3v) is 3.99. The highest BCUT2D eigenvalue weighted by Gasteiger charge is 2.50. The molecule has 0 radical (unpaired) electrons. The average Bonchev–Trinajstić information content (AvgIpc) is 3.07. The molecule has 0 spiro atoms. The van der Waals surface area contributed by atoms with Crippen LogP contribution < -0.4 is 10.5 Å². The zero-order chi connectivity index (χ0) is 12.7. The van der Waals surface area contributed by atoms with Crippen molar-refractivity contribution in [1.29, 1.82) is 0 Å². The number of likely N-dealkylation sites (N-methyl/N-ethyl adjacent to an activating group) is 1. The second kappa shape index (κ2) is 4.24. The Morgan fingerprint density at radius 3 is 2.94 bits per heavy atom. The number of rotatable bonds is 4. The second-order valence-corrected chi connectivity index (χ2v) is 5.17. The number of carbonyl (C=O) groups excluding carboxylic acids is 1. The Morgan fingerprint density at radius 2 is 2.39 bits per heavy atom. The molecule has 3 rings (SSSR count). The van der Waals surface area contributed by atoms with Crippen LogP contribution in [0.4, 0.5) is 0 Å². The van der Waals surface area contributed by atoms with Crippen molar-refractivity contribution in [3.05, 3.63) is 24.0 Å². The maximum Gasteiger partial charge on any atom is 0.267 e. The van der Waals surface area contributed by atoms with E-state index >= 15 is 0 Å². The molecule has 18 heavy (non-hydrogen) atoms. The molecule has 3 unspecified atom stereocenters. The minimum absolute atomic E-state index is 0.265. The number of pyridine rings is 1. The first-order chi connectivity index (χ1) is 8.65. The van der Waals surface area contributed by atoms with Crippen LogP contribution in [0.15, 0.2) is 18.3 Å². The quantitative estimate of drug-likeness (QED) is 0.848. The monoisotopic (exact) mass is 247 g/mol. The van der Waals surface area contributed by atoms with E-state index in [1.807, 2.05) is 0 Å². The van der Waals surface area contributed by atoms with Gasteiger partial charge in [0.2, 0.25) is 0 Å². The highest BCUT2D eigenvalue weighted by molar-refractivity contribution is 5.90. The second-order valence-electron chi connectivity index (χ2n) is 5.17. The van der Waals surface area contributed by atoms with E-state index < -0.39 is 5.91 Å². The van der Waals surface area contributed by atoms with Crippen LogP contribution in [0, 0.1) is 5.92 Å². The number of carbonyl (C=O) groups is 1. The SMILES string of the molecule is CN1C(COc2ccc(C(N)=O)nc2)CC2CC21. The van der Waals surface area contributed by atoms with E-state index in [4.69, 9.17) is 10.5 Å². The number of nitrogens with zero attached hydrogens (tertiary/aromatic N) is 2. The molecule has 1 aliphatic heterocycles. The summed E-state index contributed by atoms with van der Waals surface area (Å²) in [5, 5.41) is 0. The van der Waals surface area contributed by atoms with E-state index in [9.17, 15) is 4.79 Å². The molecule has 3 atom stereocenters. The molecule has 0 aromatic carbocycles. The molecule has 96 valence electrons. The fourth-order valence-corrected chi connectivity index (χ4v) is 2.76. The van der Waals surface area contributed by atoms with Crippen LogP contribution in [0.25, 0.3) is 0 Å². The molecule has 2 N–H and O–H groups in total. The van der Waals surface area contributed by atoms with E-state index in [2.05, 4.69) is 16.9 Å². The van der Waals surface area contributed by atoms with E-state index in [1.54, 1.807) is 18.3 Å². The van der Waals surface area contributed by atoms with Gasteiger partial charge in [-0.3, -0.25) is 9.69 Å². The van der Waals surface area contributed by atoms with Gasteiger partial charge >= 0.3 is 0 Å². The lowest BCUT2D eigenvalue weighted by Gasteiger charge is -2.22. The molecule has 1 aliphatic carbocycles. The minimum Gasteiger partial charge on any atom is -0.490 e. The van der Waals surface area contributed by atoms with Gasteiger partial charge in [0.15, 0.2) is 0 Å². The topological polar surface area (TPSA) is 68.5 Å². The van der Waals surface area contributed by atoms with Gasteiger partial charge in [-0.15, -0.1) is 0 Å². The normalized spacial score (nSPS) is 29.9. The smallest absolute Gasteiger partial charge is 0.267 e. The summed E-state index contributed by atoms with van der Waals surface area (Å²) in [5.41, 5.74) is 5.39. The third kappa shape index (κ3) is 2.06. The number of aromatic nitrogens is 1. The van der Waals surface area contributed by atoms with Crippen LogP contribution >= 0.6 is 0 Å². The first-order valence-corrected chi connectivity index (χ1v) is 6.25. The molecule has 1 saturated carbocycles. The number of fused-ring (bicyclic) bond motifs is 1. The lowest BCUT2D eigenvalue weighted by atomic mass is 10.2. The summed E-state index contributed by atoms with van der Waals surface area (Å²) in [5.74, 6) is 1.06. The number of hydrogen-bond donors (Lipinski definition) is 1. The first-order valence-electron chi connectivity index (χ1n) is 6.25. The Labute approximate surface area is 106 Å². The number of amides is 1. The Balaban J connectivity index is 1.55. The van der Waals surface area contributed by atoms with Gasteiger partial charge in [0.25, 0.3) is 5.91 Å². The maximum atomic E-state index is 10.9. The van der Waals surface area contributed by atoms with E-state index in [1.165, 1.54) is 12.8 Å². The van der Waals surface area contributed by atoms with E-state index in [-0.39, 0.29) is 5.69 Å². The number of likely N-dealkylation sites (tertiary alicyclic amines) is 1. The standard InChI is InChI=1S/C13H17N3O2/c1-16-9(4-8-5-12(8)16)7-18-10-2-3-11(13(14)17)15-6-10/h2-3,6,8-9,12H,4-5,7H2,1H3,(H2,14,17). The maximum absolute atomic E-state index is 10.9. The molecule has 5 nitrogen and oxygen atoms in total. The molecule has 2 heterocycles. The van der Waals surface area contributed by atoms with Gasteiger partial charge in [-0.2, -0.15) is 0 Å². The minimum atomic E-state index is -0.517. The third-order valence-electron chi connectivity index (χ3n) is 3.99. The van der Waals surface area contributed by atoms with Crippen molar-refractivity contribution in [1.82, 2.24) is 9.88 Å². The fourth-order valence-electron chi connectivity index (χ4n) is 2.76. The van der Waals surface area contributed by atoms with Crippen molar-refractivity contribution in [2.24, 2.45) is 11.7 Å². The summed E-state index contributed by atoms with van der Waals surface area (Å²) >= 11 is 0. The molecule has 2 fully saturated rings. The number of nitrogens with two attached hydrogens (primary N) is 1. The fraction of sp³-hybridized carbons (Fsp3) is 0.538. The molecule has 0 bridgehead atoms. The number of hydrogen-bond acceptors (Lipinski definition) is 4. The summed E-state index contributed by atoms with van der Waals surface area (Å²) in [6.45, 7) is 0.682. The van der Waals surface area contributed by atoms with Gasteiger partial charge in [-0.1, -0.05) is 0 Å². The zero-order valence-electron chi connectivity index (χ0n) is 10.4. The van der Waals surface area contributed by atoms with Crippen LogP contribution in [0.2, 0.25) is 0 Å². The Bertz CT molecular complexity index is 460. The number of ether oxygens (including phenoxy) is 1. The summed E-state index contributed by atoms with van der Waals surface area (Å²) in [4.78, 5) is 17.2. The number of piperidine rings is 1. The van der Waals surface area contributed by atoms with Crippen LogP contribution in [0.5, 0.6) is 5.75 Å². The predicted octanol–water partition coefficient (Wildman–Crippen LogP) is 0.652. The van der Waals surface area contributed by atoms with Crippen LogP contribution in [-0.2, 0) is 0 Å². The highest BCUT2D eigenvalue weighted by Crippen LogP contribution is 2.46. The molecule has 1 aromatic rings. The summed E-state index contributed by atoms with van der Waals surface area (Å²) in [6, 6.07) is 4.62.